The molecule has 0 radical (unpaired) electrons. The summed E-state index contributed by atoms with van der Waals surface area (Å²) >= 11 is 0. The predicted molar refractivity (Wildman–Crippen MR) is 65.1 cm³/mol. The maximum atomic E-state index is 12.7. The van der Waals surface area contributed by atoms with Crippen LogP contribution >= 0.6 is 0 Å². The molecule has 1 aliphatic heterocycles. The van der Waals surface area contributed by atoms with E-state index < -0.39 is 10.4 Å². The Kier molecular flexibility index (Phi) is 2.43. The predicted octanol–water partition coefficient (Wildman–Crippen LogP) is 1.19. The third-order valence-electron chi connectivity index (χ3n) is 3.34. The zero-order valence-electron chi connectivity index (χ0n) is 9.75. The van der Waals surface area contributed by atoms with Gasteiger partial charge in [-0.1, -0.05) is 16.0 Å². The van der Waals surface area contributed by atoms with Crippen LogP contribution < -0.4 is 0 Å². The molecule has 7 heteroatoms. The first-order chi connectivity index (χ1) is 8.47. The lowest BCUT2D eigenvalue weighted by Gasteiger charge is -2.34. The van der Waals surface area contributed by atoms with E-state index in [0.29, 0.717) is 0 Å². The van der Waals surface area contributed by atoms with E-state index in [4.69, 9.17) is 0 Å². The van der Waals surface area contributed by atoms with Crippen molar-refractivity contribution in [2.45, 2.75) is 5.92 Å². The molecule has 1 aliphatic rings. The van der Waals surface area contributed by atoms with E-state index in [0.717, 1.165) is 21.2 Å². The van der Waals surface area contributed by atoms with Crippen LogP contribution in [0.1, 0.15) is 11.7 Å². The van der Waals surface area contributed by atoms with Gasteiger partial charge in [0.2, 0.25) is 0 Å². The first kappa shape index (κ1) is 11.6. The Morgan fingerprint density at radius 3 is 2.61 bits per heavy atom. The van der Waals surface area contributed by atoms with Crippen LogP contribution in [0.15, 0.2) is 24.3 Å². The molecule has 0 saturated carbocycles. The van der Waals surface area contributed by atoms with Gasteiger partial charge in [0.05, 0.1) is 11.0 Å². The lowest BCUT2D eigenvalue weighted by atomic mass is 10.0. The third-order valence-corrected chi connectivity index (χ3v) is 4.26. The van der Waals surface area contributed by atoms with Crippen LogP contribution in [0.4, 0.5) is 3.89 Å². The molecule has 1 fully saturated rings. The number of aryl methyl sites for hydroxylation is 1. The molecule has 0 unspecified atom stereocenters. The second kappa shape index (κ2) is 3.76. The van der Waals surface area contributed by atoms with Crippen molar-refractivity contribution >= 4 is 21.4 Å². The van der Waals surface area contributed by atoms with Gasteiger partial charge in [-0.2, -0.15) is 12.7 Å². The summed E-state index contributed by atoms with van der Waals surface area (Å²) in [6, 6.07) is 7.68. The SMILES string of the molecule is Cn1c(C2CN(S(=O)(=O)F)C2)nc2ccccc21. The highest BCUT2D eigenvalue weighted by atomic mass is 32.3. The van der Waals surface area contributed by atoms with Crippen LogP contribution in [0.5, 0.6) is 0 Å². The van der Waals surface area contributed by atoms with Gasteiger partial charge < -0.3 is 4.57 Å². The summed E-state index contributed by atoms with van der Waals surface area (Å²) in [6.07, 6.45) is 0. The standard InChI is InChI=1S/C11H12FN3O2S/c1-14-10-5-3-2-4-9(10)13-11(14)8-6-15(7-8)18(12,16)17/h2-5,8H,6-7H2,1H3. The Labute approximate surface area is 104 Å². The highest BCUT2D eigenvalue weighted by molar-refractivity contribution is 7.84. The lowest BCUT2D eigenvalue weighted by Crippen LogP contribution is -2.47. The van der Waals surface area contributed by atoms with Gasteiger partial charge in [0, 0.05) is 26.1 Å². The summed E-state index contributed by atoms with van der Waals surface area (Å²) in [6.45, 7) is 0.325. The molecular weight excluding hydrogens is 257 g/mol. The van der Waals surface area contributed by atoms with Crippen molar-refractivity contribution in [1.82, 2.24) is 13.9 Å². The van der Waals surface area contributed by atoms with Gasteiger partial charge in [0.25, 0.3) is 0 Å². The van der Waals surface area contributed by atoms with Crippen molar-refractivity contribution in [2.75, 3.05) is 13.1 Å². The van der Waals surface area contributed by atoms with Crippen LogP contribution in [-0.2, 0) is 17.5 Å². The zero-order chi connectivity index (χ0) is 12.9. The normalized spacial score (nSPS) is 18.1. The minimum absolute atomic E-state index is 0.0343. The molecule has 0 bridgehead atoms. The van der Waals surface area contributed by atoms with Crippen LogP contribution in [0.25, 0.3) is 11.0 Å². The molecule has 2 heterocycles. The van der Waals surface area contributed by atoms with E-state index >= 15 is 0 Å². The number of benzene rings is 1. The molecule has 5 nitrogen and oxygen atoms in total. The van der Waals surface area contributed by atoms with Crippen molar-refractivity contribution in [2.24, 2.45) is 7.05 Å². The first-order valence-corrected chi connectivity index (χ1v) is 6.92. The molecule has 0 spiro atoms. The molecule has 0 atom stereocenters. The second-order valence-electron chi connectivity index (χ2n) is 4.47. The average Bonchev–Trinajstić information content (AvgIpc) is 2.53. The Hall–Kier alpha value is -1.47. The molecule has 1 aromatic heterocycles. The highest BCUT2D eigenvalue weighted by Gasteiger charge is 2.38. The van der Waals surface area contributed by atoms with Crippen LogP contribution in [0.3, 0.4) is 0 Å². The summed E-state index contributed by atoms with van der Waals surface area (Å²) in [5, 5.41) is 0. The van der Waals surface area contributed by atoms with Crippen LogP contribution in [-0.4, -0.2) is 35.4 Å². The lowest BCUT2D eigenvalue weighted by molar-refractivity contribution is 0.241. The minimum Gasteiger partial charge on any atom is -0.331 e. The molecular formula is C11H12FN3O2S. The van der Waals surface area contributed by atoms with Gasteiger partial charge in [-0.25, -0.2) is 4.98 Å². The van der Waals surface area contributed by atoms with Crippen LogP contribution in [0, 0.1) is 0 Å². The van der Waals surface area contributed by atoms with E-state index in [2.05, 4.69) is 4.98 Å². The summed E-state index contributed by atoms with van der Waals surface area (Å²) in [7, 11) is -2.67. The zero-order valence-corrected chi connectivity index (χ0v) is 10.6. The molecule has 0 N–H and O–H groups in total. The summed E-state index contributed by atoms with van der Waals surface area (Å²) in [5.41, 5.74) is 1.87. The van der Waals surface area contributed by atoms with Crippen molar-refractivity contribution in [3.8, 4) is 0 Å². The fourth-order valence-corrected chi connectivity index (χ4v) is 3.02. The Morgan fingerprint density at radius 2 is 2.00 bits per heavy atom. The number of imidazole rings is 1. The van der Waals surface area contributed by atoms with E-state index in [9.17, 15) is 12.3 Å². The van der Waals surface area contributed by atoms with Crippen molar-refractivity contribution in [1.29, 1.82) is 0 Å². The summed E-state index contributed by atoms with van der Waals surface area (Å²) < 4.78 is 36.8. The molecule has 3 rings (SSSR count). The first-order valence-electron chi connectivity index (χ1n) is 5.58. The van der Waals surface area contributed by atoms with Crippen molar-refractivity contribution in [3.05, 3.63) is 30.1 Å². The molecule has 96 valence electrons. The van der Waals surface area contributed by atoms with Gasteiger partial charge >= 0.3 is 10.4 Å². The van der Waals surface area contributed by atoms with E-state index in [-0.39, 0.29) is 19.0 Å². The highest BCUT2D eigenvalue weighted by Crippen LogP contribution is 2.30. The number of rotatable bonds is 2. The number of aromatic nitrogens is 2. The molecule has 1 saturated heterocycles. The minimum atomic E-state index is -4.55. The molecule has 2 aromatic rings. The molecule has 1 aromatic carbocycles. The second-order valence-corrected chi connectivity index (χ2v) is 5.81. The van der Waals surface area contributed by atoms with Gasteiger partial charge in [-0.05, 0) is 12.1 Å². The maximum Gasteiger partial charge on any atom is 0.374 e. The number of hydrogen-bond donors (Lipinski definition) is 0. The summed E-state index contributed by atoms with van der Waals surface area (Å²) in [5.74, 6) is 0.768. The summed E-state index contributed by atoms with van der Waals surface area (Å²) in [4.78, 5) is 4.47. The third kappa shape index (κ3) is 1.70. The fourth-order valence-electron chi connectivity index (χ4n) is 2.31. The Morgan fingerprint density at radius 1 is 1.33 bits per heavy atom. The van der Waals surface area contributed by atoms with Gasteiger partial charge in [0.15, 0.2) is 0 Å². The Bertz CT molecular complexity index is 704. The number of fused-ring (bicyclic) bond motifs is 1. The number of halogens is 1. The van der Waals surface area contributed by atoms with Gasteiger partial charge in [-0.15, -0.1) is 0 Å². The van der Waals surface area contributed by atoms with Gasteiger partial charge in [0.1, 0.15) is 5.82 Å². The fraction of sp³-hybridized carbons (Fsp3) is 0.364. The van der Waals surface area contributed by atoms with E-state index in [1.807, 2.05) is 35.9 Å². The molecule has 18 heavy (non-hydrogen) atoms. The van der Waals surface area contributed by atoms with E-state index in [1.165, 1.54) is 0 Å². The Balaban J connectivity index is 1.91. The molecule has 0 amide bonds. The monoisotopic (exact) mass is 269 g/mol. The number of hydrogen-bond acceptors (Lipinski definition) is 3. The van der Waals surface area contributed by atoms with Crippen LogP contribution in [0.2, 0.25) is 0 Å². The quantitative estimate of drug-likeness (QED) is 0.769. The number of nitrogens with zero attached hydrogens (tertiary/aromatic N) is 3. The van der Waals surface area contributed by atoms with E-state index in [1.54, 1.807) is 0 Å². The smallest absolute Gasteiger partial charge is 0.331 e. The molecule has 0 aliphatic carbocycles. The topological polar surface area (TPSA) is 55.2 Å². The largest absolute Gasteiger partial charge is 0.374 e. The maximum absolute atomic E-state index is 12.7. The van der Waals surface area contributed by atoms with Gasteiger partial charge in [-0.3, -0.25) is 0 Å². The van der Waals surface area contributed by atoms with Crippen molar-refractivity contribution < 1.29 is 12.3 Å². The van der Waals surface area contributed by atoms with Crippen molar-refractivity contribution in [3.63, 3.8) is 0 Å². The average molecular weight is 269 g/mol. The number of para-hydroxylation sites is 2.